The molecule has 0 heterocycles. The molecule has 2 amide bonds. The molecule has 12 heteroatoms. The summed E-state index contributed by atoms with van der Waals surface area (Å²) in [6.45, 7) is 2.77. The van der Waals surface area contributed by atoms with Gasteiger partial charge < -0.3 is 20.1 Å². The minimum atomic E-state index is -5.15. The number of Topliss-reactive ketones (excluding diaryl/α,β-unsaturated/α-hetero) is 1. The van der Waals surface area contributed by atoms with E-state index in [4.69, 9.17) is 32.7 Å². The molecular weight excluding hydrogens is 608 g/mol. The molecule has 0 aliphatic rings. The van der Waals surface area contributed by atoms with Crippen LogP contribution in [0.25, 0.3) is 0 Å². The Kier molecular flexibility index (Phi) is 11.9. The van der Waals surface area contributed by atoms with Gasteiger partial charge >= 0.3 is 6.18 Å². The van der Waals surface area contributed by atoms with Crippen LogP contribution in [0, 0.1) is 5.92 Å². The Hall–Kier alpha value is -3.76. The molecule has 0 saturated carbocycles. The summed E-state index contributed by atoms with van der Waals surface area (Å²) in [5.74, 6) is -3.47. The van der Waals surface area contributed by atoms with Crippen LogP contribution in [0.5, 0.6) is 11.5 Å². The molecule has 7 nitrogen and oxygen atoms in total. The van der Waals surface area contributed by atoms with Gasteiger partial charge in [0.25, 0.3) is 5.78 Å². The molecule has 3 atom stereocenters. The van der Waals surface area contributed by atoms with Gasteiger partial charge in [-0.25, -0.2) is 0 Å². The number of hydrogen-bond acceptors (Lipinski definition) is 5. The number of carbonyl (C=O) groups excluding carboxylic acids is 3. The van der Waals surface area contributed by atoms with E-state index in [1.54, 1.807) is 72.8 Å². The van der Waals surface area contributed by atoms with Gasteiger partial charge in [0.15, 0.2) is 0 Å². The van der Waals surface area contributed by atoms with Crippen molar-refractivity contribution in [2.75, 3.05) is 7.11 Å². The molecule has 0 aliphatic carbocycles. The normalized spacial score (nSPS) is 13.5. The zero-order valence-electron chi connectivity index (χ0n) is 23.6. The topological polar surface area (TPSA) is 93.7 Å². The average Bonchev–Trinajstić information content (AvgIpc) is 2.96. The van der Waals surface area contributed by atoms with E-state index in [0.717, 1.165) is 0 Å². The molecule has 0 bridgehead atoms. The summed E-state index contributed by atoms with van der Waals surface area (Å²) in [6.07, 6.45) is -6.31. The third-order valence-electron chi connectivity index (χ3n) is 6.48. The summed E-state index contributed by atoms with van der Waals surface area (Å²) >= 11 is 12.0. The van der Waals surface area contributed by atoms with Crippen molar-refractivity contribution in [1.82, 2.24) is 10.6 Å². The molecule has 2 N–H and O–H groups in total. The number of ether oxygens (including phenoxy) is 2. The van der Waals surface area contributed by atoms with E-state index < -0.39 is 47.9 Å². The molecule has 0 spiro atoms. The fraction of sp³-hybridized carbons (Fsp3) is 0.323. The Morgan fingerprint density at radius 3 is 1.86 bits per heavy atom. The Morgan fingerprint density at radius 2 is 1.35 bits per heavy atom. The summed E-state index contributed by atoms with van der Waals surface area (Å²) in [4.78, 5) is 38.7. The van der Waals surface area contributed by atoms with Crippen molar-refractivity contribution < 1.29 is 37.0 Å². The minimum absolute atomic E-state index is 0.0787. The first-order valence-electron chi connectivity index (χ1n) is 13.3. The molecular formula is C31H31Cl2F3N2O5. The molecule has 0 aliphatic heterocycles. The quantitative estimate of drug-likeness (QED) is 0.223. The number of rotatable bonds is 13. The largest absolute Gasteiger partial charge is 0.497 e. The van der Waals surface area contributed by atoms with Crippen LogP contribution in [0.1, 0.15) is 37.5 Å². The second-order valence-electron chi connectivity index (χ2n) is 10.1. The number of carbonyl (C=O) groups is 3. The number of benzene rings is 3. The zero-order valence-corrected chi connectivity index (χ0v) is 25.1. The monoisotopic (exact) mass is 638 g/mol. The molecule has 0 fully saturated rings. The van der Waals surface area contributed by atoms with Crippen molar-refractivity contribution in [1.29, 1.82) is 0 Å². The summed E-state index contributed by atoms with van der Waals surface area (Å²) < 4.78 is 51.0. The zero-order chi connectivity index (χ0) is 31.7. The van der Waals surface area contributed by atoms with Crippen molar-refractivity contribution in [3.05, 3.63) is 94.0 Å². The van der Waals surface area contributed by atoms with Gasteiger partial charge in [-0.3, -0.25) is 14.4 Å². The van der Waals surface area contributed by atoms with E-state index in [1.807, 2.05) is 0 Å². The van der Waals surface area contributed by atoms with Gasteiger partial charge in [0.1, 0.15) is 23.6 Å². The summed E-state index contributed by atoms with van der Waals surface area (Å²) in [6, 6.07) is 16.6. The summed E-state index contributed by atoms with van der Waals surface area (Å²) in [7, 11) is 1.52. The molecule has 3 aromatic rings. The second-order valence-corrected chi connectivity index (χ2v) is 11.0. The van der Waals surface area contributed by atoms with Crippen LogP contribution in [-0.4, -0.2) is 43.0 Å². The Balaban J connectivity index is 1.85. The van der Waals surface area contributed by atoms with E-state index >= 15 is 0 Å². The van der Waals surface area contributed by atoms with E-state index in [-0.39, 0.29) is 12.8 Å². The lowest BCUT2D eigenvalue weighted by atomic mass is 9.97. The average molecular weight is 639 g/mol. The molecule has 0 radical (unpaired) electrons. The van der Waals surface area contributed by atoms with Crippen LogP contribution in [0.3, 0.4) is 0 Å². The number of hydrogen-bond donors (Lipinski definition) is 2. The lowest BCUT2D eigenvalue weighted by Crippen LogP contribution is -2.56. The maximum Gasteiger partial charge on any atom is 0.452 e. The van der Waals surface area contributed by atoms with Gasteiger partial charge in [0.05, 0.1) is 19.6 Å². The molecule has 3 rings (SSSR count). The maximum atomic E-state index is 13.4. The van der Waals surface area contributed by atoms with E-state index in [2.05, 4.69) is 10.6 Å². The van der Waals surface area contributed by atoms with Crippen LogP contribution in [0.15, 0.2) is 72.8 Å². The lowest BCUT2D eigenvalue weighted by molar-refractivity contribution is -0.175. The van der Waals surface area contributed by atoms with Gasteiger partial charge in [-0.15, -0.1) is 0 Å². The highest BCUT2D eigenvalue weighted by molar-refractivity contribution is 6.30. The van der Waals surface area contributed by atoms with Crippen LogP contribution in [0.4, 0.5) is 13.2 Å². The summed E-state index contributed by atoms with van der Waals surface area (Å²) in [5, 5.41) is 5.72. The molecule has 0 saturated heterocycles. The third-order valence-corrected chi connectivity index (χ3v) is 6.99. The van der Waals surface area contributed by atoms with Crippen molar-refractivity contribution in [3.8, 4) is 11.5 Å². The number of amides is 2. The first kappa shape index (κ1) is 33.7. The van der Waals surface area contributed by atoms with Crippen molar-refractivity contribution in [2.24, 2.45) is 5.92 Å². The minimum Gasteiger partial charge on any atom is -0.497 e. The standard InChI is InChI=1S/C31H31Cl2F3N2O5/c1-18(2)28(29(40)31(34,35)36)38-30(41)25(16-19-4-8-21(32)9-5-19)37-27(39)17-26(20-6-10-22(33)11-7-20)43-24-14-12-23(42-3)13-15-24/h4-15,18,25-26,28H,16-17H2,1-3H3,(H,37,39)(H,38,41)/t25-,26?,28-/m0/s1. The number of nitrogens with one attached hydrogen (secondary N) is 2. The number of halogens is 5. The smallest absolute Gasteiger partial charge is 0.452 e. The highest BCUT2D eigenvalue weighted by Gasteiger charge is 2.45. The first-order chi connectivity index (χ1) is 20.3. The van der Waals surface area contributed by atoms with Gasteiger partial charge in [-0.05, 0) is 65.6 Å². The van der Waals surface area contributed by atoms with E-state index in [1.165, 1.54) is 21.0 Å². The number of ketones is 1. The molecule has 0 aromatic heterocycles. The fourth-order valence-corrected chi connectivity index (χ4v) is 4.43. The second kappa shape index (κ2) is 15.1. The van der Waals surface area contributed by atoms with Crippen LogP contribution < -0.4 is 20.1 Å². The highest BCUT2D eigenvalue weighted by atomic mass is 35.5. The third kappa shape index (κ3) is 10.2. The van der Waals surface area contributed by atoms with Gasteiger partial charge in [-0.2, -0.15) is 13.2 Å². The van der Waals surface area contributed by atoms with Crippen molar-refractivity contribution >= 4 is 40.8 Å². The van der Waals surface area contributed by atoms with Crippen molar-refractivity contribution in [3.63, 3.8) is 0 Å². The van der Waals surface area contributed by atoms with Crippen LogP contribution >= 0.6 is 23.2 Å². The Bertz CT molecular complexity index is 1380. The van der Waals surface area contributed by atoms with Gasteiger partial charge in [0, 0.05) is 16.5 Å². The predicted molar refractivity (Wildman–Crippen MR) is 157 cm³/mol. The predicted octanol–water partition coefficient (Wildman–Crippen LogP) is 6.51. The number of methoxy groups -OCH3 is 1. The van der Waals surface area contributed by atoms with Gasteiger partial charge in [-0.1, -0.05) is 61.3 Å². The van der Waals surface area contributed by atoms with E-state index in [0.29, 0.717) is 32.7 Å². The fourth-order valence-electron chi connectivity index (χ4n) is 4.18. The molecule has 230 valence electrons. The SMILES string of the molecule is COc1ccc(OC(CC(=O)N[C@@H](Cc2ccc(Cl)cc2)C(=O)N[C@H](C(=O)C(F)(F)F)C(C)C)c2ccc(Cl)cc2)cc1. The van der Waals surface area contributed by atoms with Gasteiger partial charge in [0.2, 0.25) is 11.8 Å². The first-order valence-corrected chi connectivity index (χ1v) is 14.0. The molecule has 3 aromatic carbocycles. The molecule has 43 heavy (non-hydrogen) atoms. The van der Waals surface area contributed by atoms with Crippen molar-refractivity contribution in [2.45, 2.75) is 51.1 Å². The number of alkyl halides is 3. The highest BCUT2D eigenvalue weighted by Crippen LogP contribution is 2.28. The van der Waals surface area contributed by atoms with Crippen LogP contribution in [-0.2, 0) is 20.8 Å². The maximum absolute atomic E-state index is 13.4. The molecule has 1 unspecified atom stereocenters. The van der Waals surface area contributed by atoms with Crippen LogP contribution in [0.2, 0.25) is 10.0 Å². The Labute approximate surface area is 257 Å². The van der Waals surface area contributed by atoms with E-state index in [9.17, 15) is 27.6 Å². The Morgan fingerprint density at radius 1 is 0.814 bits per heavy atom. The summed E-state index contributed by atoms with van der Waals surface area (Å²) in [5.41, 5.74) is 1.20. The lowest BCUT2D eigenvalue weighted by Gasteiger charge is -2.26.